The number of alkyl halides is 6. The van der Waals surface area contributed by atoms with Gasteiger partial charge in [-0.05, 0) is 42.0 Å². The molecule has 0 radical (unpaired) electrons. The van der Waals surface area contributed by atoms with Gasteiger partial charge < -0.3 is 4.74 Å². The first-order valence-corrected chi connectivity index (χ1v) is 8.37. The molecule has 0 aliphatic heterocycles. The molecule has 2 aromatic rings. The highest BCUT2D eigenvalue weighted by molar-refractivity contribution is 7.89. The molecule has 0 unspecified atom stereocenters. The SMILES string of the molecule is O=S(=O)(NCc1ccc(C(F)(F)F)cc1)c1ccc(OC(F)(F)F)cc1. The number of halogens is 6. The zero-order valence-electron chi connectivity index (χ0n) is 12.7. The summed E-state index contributed by atoms with van der Waals surface area (Å²) < 4.78 is 103. The van der Waals surface area contributed by atoms with Gasteiger partial charge in [-0.25, -0.2) is 13.1 Å². The summed E-state index contributed by atoms with van der Waals surface area (Å²) in [6.45, 7) is -0.290. The van der Waals surface area contributed by atoms with Crippen molar-refractivity contribution in [1.82, 2.24) is 4.72 Å². The average molecular weight is 399 g/mol. The van der Waals surface area contributed by atoms with Crippen molar-refractivity contribution in [3.63, 3.8) is 0 Å². The Balaban J connectivity index is 2.04. The molecule has 11 heteroatoms. The number of hydrogen-bond acceptors (Lipinski definition) is 3. The minimum absolute atomic E-state index is 0.276. The summed E-state index contributed by atoms with van der Waals surface area (Å²) in [5.41, 5.74) is -0.594. The summed E-state index contributed by atoms with van der Waals surface area (Å²) in [6, 6.07) is 7.35. The topological polar surface area (TPSA) is 55.4 Å². The number of sulfonamides is 1. The lowest BCUT2D eigenvalue weighted by Gasteiger charge is -2.11. The van der Waals surface area contributed by atoms with E-state index in [-0.39, 0.29) is 17.0 Å². The third-order valence-electron chi connectivity index (χ3n) is 3.12. The highest BCUT2D eigenvalue weighted by atomic mass is 32.2. The molecule has 0 bridgehead atoms. The first kappa shape index (κ1) is 20.0. The zero-order valence-corrected chi connectivity index (χ0v) is 13.5. The fourth-order valence-electron chi connectivity index (χ4n) is 1.89. The molecule has 0 heterocycles. The van der Waals surface area contributed by atoms with Crippen LogP contribution in [0.25, 0.3) is 0 Å². The average Bonchev–Trinajstić information content (AvgIpc) is 2.51. The Labute approximate surface area is 144 Å². The van der Waals surface area contributed by atoms with Gasteiger partial charge in [-0.1, -0.05) is 12.1 Å². The van der Waals surface area contributed by atoms with Crippen molar-refractivity contribution in [3.05, 3.63) is 59.7 Å². The van der Waals surface area contributed by atoms with E-state index in [4.69, 9.17) is 0 Å². The Morgan fingerprint density at radius 1 is 0.846 bits per heavy atom. The number of rotatable bonds is 5. The Kier molecular flexibility index (Phi) is 5.52. The van der Waals surface area contributed by atoms with E-state index in [1.54, 1.807) is 0 Å². The number of benzene rings is 2. The van der Waals surface area contributed by atoms with E-state index < -0.39 is 33.9 Å². The molecule has 1 N–H and O–H groups in total. The summed E-state index contributed by atoms with van der Waals surface area (Å²) >= 11 is 0. The summed E-state index contributed by atoms with van der Waals surface area (Å²) in [6.07, 6.45) is -9.40. The summed E-state index contributed by atoms with van der Waals surface area (Å²) in [5, 5.41) is 0. The van der Waals surface area contributed by atoms with Crippen LogP contribution in [0.4, 0.5) is 26.3 Å². The molecule has 0 saturated carbocycles. The quantitative estimate of drug-likeness (QED) is 0.771. The van der Waals surface area contributed by atoms with Crippen molar-refractivity contribution in [2.24, 2.45) is 0 Å². The van der Waals surface area contributed by atoms with Crippen LogP contribution in [0.5, 0.6) is 5.75 Å². The van der Waals surface area contributed by atoms with Crippen LogP contribution < -0.4 is 9.46 Å². The minimum Gasteiger partial charge on any atom is -0.406 e. The lowest BCUT2D eigenvalue weighted by Crippen LogP contribution is -2.23. The molecule has 0 fully saturated rings. The lowest BCUT2D eigenvalue weighted by molar-refractivity contribution is -0.274. The Bertz CT molecular complexity index is 843. The van der Waals surface area contributed by atoms with Crippen LogP contribution in [0.15, 0.2) is 53.4 Å². The van der Waals surface area contributed by atoms with Gasteiger partial charge in [-0.2, -0.15) is 13.2 Å². The number of hydrogen-bond donors (Lipinski definition) is 1. The van der Waals surface area contributed by atoms with E-state index in [1.807, 2.05) is 0 Å². The summed E-state index contributed by atoms with van der Waals surface area (Å²) in [7, 11) is -4.07. The normalized spacial score (nSPS) is 12.8. The van der Waals surface area contributed by atoms with Gasteiger partial charge >= 0.3 is 12.5 Å². The van der Waals surface area contributed by atoms with E-state index in [2.05, 4.69) is 9.46 Å². The van der Waals surface area contributed by atoms with Crippen molar-refractivity contribution < 1.29 is 39.5 Å². The van der Waals surface area contributed by atoms with Crippen LogP contribution in [0.3, 0.4) is 0 Å². The smallest absolute Gasteiger partial charge is 0.406 e. The summed E-state index contributed by atoms with van der Waals surface area (Å²) in [4.78, 5) is -0.320. The van der Waals surface area contributed by atoms with Gasteiger partial charge in [0.25, 0.3) is 0 Å². The Morgan fingerprint density at radius 2 is 1.38 bits per heavy atom. The molecular formula is C15H11F6NO3S. The predicted molar refractivity (Wildman–Crippen MR) is 78.6 cm³/mol. The number of nitrogens with one attached hydrogen (secondary N) is 1. The van der Waals surface area contributed by atoms with Crippen molar-refractivity contribution in [3.8, 4) is 5.75 Å². The van der Waals surface area contributed by atoms with Crippen LogP contribution in [0, 0.1) is 0 Å². The maximum absolute atomic E-state index is 12.5. The standard InChI is InChI=1S/C15H11F6NO3S/c16-14(17,18)11-3-1-10(2-4-11)9-22-26(23,24)13-7-5-12(6-8-13)25-15(19,20)21/h1-8,22H,9H2. The van der Waals surface area contributed by atoms with Crippen molar-refractivity contribution in [2.45, 2.75) is 24.0 Å². The monoisotopic (exact) mass is 399 g/mol. The van der Waals surface area contributed by atoms with Gasteiger partial charge in [0.1, 0.15) is 5.75 Å². The fraction of sp³-hybridized carbons (Fsp3) is 0.200. The first-order chi connectivity index (χ1) is 11.9. The van der Waals surface area contributed by atoms with E-state index >= 15 is 0 Å². The second-order valence-corrected chi connectivity index (χ2v) is 6.81. The highest BCUT2D eigenvalue weighted by Gasteiger charge is 2.31. The maximum atomic E-state index is 12.5. The fourth-order valence-corrected chi connectivity index (χ4v) is 2.91. The Hall–Kier alpha value is -2.27. The van der Waals surface area contributed by atoms with Crippen LogP contribution in [-0.4, -0.2) is 14.8 Å². The second-order valence-electron chi connectivity index (χ2n) is 5.04. The molecule has 0 amide bonds. The zero-order chi connectivity index (χ0) is 19.6. The maximum Gasteiger partial charge on any atom is 0.573 e. The molecule has 0 aliphatic carbocycles. The third-order valence-corrected chi connectivity index (χ3v) is 4.53. The van der Waals surface area contributed by atoms with E-state index in [1.165, 1.54) is 0 Å². The van der Waals surface area contributed by atoms with Crippen LogP contribution in [0.2, 0.25) is 0 Å². The second kappa shape index (κ2) is 7.16. The van der Waals surface area contributed by atoms with Crippen LogP contribution in [0.1, 0.15) is 11.1 Å². The molecular weight excluding hydrogens is 388 g/mol. The Morgan fingerprint density at radius 3 is 1.85 bits per heavy atom. The molecule has 0 aromatic heterocycles. The molecule has 0 atom stereocenters. The van der Waals surface area contributed by atoms with Crippen molar-refractivity contribution in [2.75, 3.05) is 0 Å². The van der Waals surface area contributed by atoms with Gasteiger partial charge in [-0.3, -0.25) is 0 Å². The van der Waals surface area contributed by atoms with Crippen LogP contribution >= 0.6 is 0 Å². The molecule has 0 spiro atoms. The van der Waals surface area contributed by atoms with E-state index in [9.17, 15) is 34.8 Å². The van der Waals surface area contributed by atoms with Crippen molar-refractivity contribution in [1.29, 1.82) is 0 Å². The van der Waals surface area contributed by atoms with Crippen LogP contribution in [-0.2, 0) is 22.7 Å². The molecule has 2 rings (SSSR count). The minimum atomic E-state index is -4.90. The van der Waals surface area contributed by atoms with E-state index in [0.717, 1.165) is 48.5 Å². The lowest BCUT2D eigenvalue weighted by atomic mass is 10.1. The molecule has 2 aromatic carbocycles. The highest BCUT2D eigenvalue weighted by Crippen LogP contribution is 2.29. The van der Waals surface area contributed by atoms with Gasteiger partial charge in [0.2, 0.25) is 10.0 Å². The first-order valence-electron chi connectivity index (χ1n) is 6.88. The van der Waals surface area contributed by atoms with Gasteiger partial charge in [0.15, 0.2) is 0 Å². The van der Waals surface area contributed by atoms with Gasteiger partial charge in [-0.15, -0.1) is 13.2 Å². The molecule has 0 aliphatic rings. The molecule has 142 valence electrons. The largest absolute Gasteiger partial charge is 0.573 e. The molecule has 4 nitrogen and oxygen atoms in total. The van der Waals surface area contributed by atoms with Gasteiger partial charge in [0.05, 0.1) is 10.5 Å². The van der Waals surface area contributed by atoms with E-state index in [0.29, 0.717) is 0 Å². The predicted octanol–water partition coefficient (Wildman–Crippen LogP) is 4.08. The molecule has 0 saturated heterocycles. The van der Waals surface area contributed by atoms with Crippen molar-refractivity contribution >= 4 is 10.0 Å². The summed E-state index contributed by atoms with van der Waals surface area (Å²) in [5.74, 6) is -0.584. The van der Waals surface area contributed by atoms with Gasteiger partial charge in [0, 0.05) is 6.54 Å². The number of ether oxygens (including phenoxy) is 1. The molecule has 26 heavy (non-hydrogen) atoms. The third kappa shape index (κ3) is 5.63.